The molecule has 2 N–H and O–H groups in total. The van der Waals surface area contributed by atoms with E-state index in [4.69, 9.17) is 11.6 Å². The number of halogens is 1. The summed E-state index contributed by atoms with van der Waals surface area (Å²) in [5.41, 5.74) is 0.0757. The van der Waals surface area contributed by atoms with Crippen molar-refractivity contribution < 1.29 is 9.90 Å². The summed E-state index contributed by atoms with van der Waals surface area (Å²) >= 11 is 5.64. The second-order valence-corrected chi connectivity index (χ2v) is 4.78. The lowest BCUT2D eigenvalue weighted by Crippen LogP contribution is -2.27. The zero-order chi connectivity index (χ0) is 11.6. The largest absolute Gasteiger partial charge is 0.506 e. The van der Waals surface area contributed by atoms with Gasteiger partial charge in [0.15, 0.2) is 0 Å². The molecular formula is C11H14ClNO2. The molecule has 82 valence electrons. The van der Waals surface area contributed by atoms with E-state index in [0.717, 1.165) is 0 Å². The highest BCUT2D eigenvalue weighted by Crippen LogP contribution is 2.27. The standard InChI is InChI=1S/C11H14ClNO2/c1-11(2,3)10(15)13-7-4-5-8(12)9(14)6-7/h4-6,14H,1-3H3,(H,13,15). The number of nitrogens with one attached hydrogen (secondary N) is 1. The van der Waals surface area contributed by atoms with Gasteiger partial charge >= 0.3 is 0 Å². The first kappa shape index (κ1) is 11.9. The van der Waals surface area contributed by atoms with E-state index in [0.29, 0.717) is 5.69 Å². The van der Waals surface area contributed by atoms with Crippen molar-refractivity contribution in [2.45, 2.75) is 20.8 Å². The first-order valence-electron chi connectivity index (χ1n) is 4.60. The average molecular weight is 228 g/mol. The molecule has 1 rings (SSSR count). The van der Waals surface area contributed by atoms with E-state index in [1.54, 1.807) is 6.07 Å². The SMILES string of the molecule is CC(C)(C)C(=O)Nc1ccc(Cl)c(O)c1. The fourth-order valence-corrected chi connectivity index (χ4v) is 1.03. The van der Waals surface area contributed by atoms with Crippen molar-refractivity contribution in [3.63, 3.8) is 0 Å². The number of rotatable bonds is 1. The van der Waals surface area contributed by atoms with Crippen LogP contribution in [0.1, 0.15) is 20.8 Å². The number of phenols is 1. The molecule has 0 atom stereocenters. The molecule has 0 unspecified atom stereocenters. The topological polar surface area (TPSA) is 49.3 Å². The Bertz CT molecular complexity index is 383. The quantitative estimate of drug-likeness (QED) is 0.775. The van der Waals surface area contributed by atoms with Gasteiger partial charge in [-0.2, -0.15) is 0 Å². The predicted octanol–water partition coefficient (Wildman–Crippen LogP) is 3.03. The minimum absolute atomic E-state index is 0.0385. The highest BCUT2D eigenvalue weighted by molar-refractivity contribution is 6.32. The molecule has 3 nitrogen and oxygen atoms in total. The molecule has 4 heteroatoms. The molecule has 0 aliphatic heterocycles. The van der Waals surface area contributed by atoms with Gasteiger partial charge < -0.3 is 10.4 Å². The molecule has 0 aromatic heterocycles. The van der Waals surface area contributed by atoms with Crippen LogP contribution in [0.3, 0.4) is 0 Å². The van der Waals surface area contributed by atoms with Crippen LogP contribution < -0.4 is 5.32 Å². The Morgan fingerprint density at radius 1 is 1.40 bits per heavy atom. The van der Waals surface area contributed by atoms with Crippen LogP contribution in [-0.2, 0) is 4.79 Å². The average Bonchev–Trinajstić information content (AvgIpc) is 2.10. The maximum absolute atomic E-state index is 11.6. The van der Waals surface area contributed by atoms with E-state index in [-0.39, 0.29) is 16.7 Å². The van der Waals surface area contributed by atoms with Gasteiger partial charge in [0, 0.05) is 17.2 Å². The van der Waals surface area contributed by atoms with E-state index in [1.807, 2.05) is 20.8 Å². The molecule has 1 amide bonds. The second-order valence-electron chi connectivity index (χ2n) is 4.37. The highest BCUT2D eigenvalue weighted by atomic mass is 35.5. The van der Waals surface area contributed by atoms with Gasteiger partial charge in [-0.15, -0.1) is 0 Å². The van der Waals surface area contributed by atoms with E-state index < -0.39 is 5.41 Å². The minimum Gasteiger partial charge on any atom is -0.506 e. The molecule has 0 bridgehead atoms. The number of hydrogen-bond acceptors (Lipinski definition) is 2. The maximum Gasteiger partial charge on any atom is 0.229 e. The number of hydrogen-bond donors (Lipinski definition) is 2. The fraction of sp³-hybridized carbons (Fsp3) is 0.364. The molecule has 0 heterocycles. The smallest absolute Gasteiger partial charge is 0.229 e. The van der Waals surface area contributed by atoms with Crippen molar-refractivity contribution in [1.82, 2.24) is 0 Å². The summed E-state index contributed by atoms with van der Waals surface area (Å²) in [5.74, 6) is -0.146. The van der Waals surface area contributed by atoms with Gasteiger partial charge in [0.05, 0.1) is 5.02 Å². The third kappa shape index (κ3) is 3.13. The van der Waals surface area contributed by atoms with E-state index in [9.17, 15) is 9.90 Å². The van der Waals surface area contributed by atoms with Crippen LogP contribution in [0, 0.1) is 5.41 Å². The van der Waals surface area contributed by atoms with Gasteiger partial charge in [0.1, 0.15) is 5.75 Å². The summed E-state index contributed by atoms with van der Waals surface area (Å²) in [6.07, 6.45) is 0. The molecule has 0 saturated carbocycles. The van der Waals surface area contributed by atoms with Crippen LogP contribution in [0.15, 0.2) is 18.2 Å². The first-order chi connectivity index (χ1) is 6.80. The van der Waals surface area contributed by atoms with Crippen molar-refractivity contribution in [1.29, 1.82) is 0 Å². The van der Waals surface area contributed by atoms with Gasteiger partial charge in [-0.05, 0) is 12.1 Å². The number of phenolic OH excluding ortho intramolecular Hbond substituents is 1. The molecular weight excluding hydrogens is 214 g/mol. The lowest BCUT2D eigenvalue weighted by molar-refractivity contribution is -0.123. The van der Waals surface area contributed by atoms with Gasteiger partial charge in [-0.1, -0.05) is 32.4 Å². The van der Waals surface area contributed by atoms with Crippen LogP contribution in [0.5, 0.6) is 5.75 Å². The third-order valence-corrected chi connectivity index (χ3v) is 2.20. The Kier molecular flexibility index (Phi) is 3.25. The summed E-state index contributed by atoms with van der Waals surface area (Å²) in [6, 6.07) is 4.60. The Hall–Kier alpha value is -1.22. The molecule has 0 saturated heterocycles. The van der Waals surface area contributed by atoms with Crippen LogP contribution in [0.2, 0.25) is 5.02 Å². The molecule has 15 heavy (non-hydrogen) atoms. The van der Waals surface area contributed by atoms with Crippen LogP contribution in [0.4, 0.5) is 5.69 Å². The highest BCUT2D eigenvalue weighted by Gasteiger charge is 2.21. The number of aromatic hydroxyl groups is 1. The lowest BCUT2D eigenvalue weighted by atomic mass is 9.95. The number of amides is 1. The maximum atomic E-state index is 11.6. The van der Waals surface area contributed by atoms with Crippen molar-refractivity contribution in [3.05, 3.63) is 23.2 Å². The van der Waals surface area contributed by atoms with Gasteiger partial charge in [-0.25, -0.2) is 0 Å². The number of carbonyl (C=O) groups excluding carboxylic acids is 1. The van der Waals surface area contributed by atoms with Crippen molar-refractivity contribution in [2.75, 3.05) is 5.32 Å². The van der Waals surface area contributed by atoms with Gasteiger partial charge in [0.2, 0.25) is 5.91 Å². The lowest BCUT2D eigenvalue weighted by Gasteiger charge is -2.17. The number of benzene rings is 1. The zero-order valence-corrected chi connectivity index (χ0v) is 9.72. The predicted molar refractivity (Wildman–Crippen MR) is 61.2 cm³/mol. The molecule has 1 aromatic carbocycles. The molecule has 1 aromatic rings. The van der Waals surface area contributed by atoms with E-state index in [1.165, 1.54) is 12.1 Å². The Morgan fingerprint density at radius 2 is 2.00 bits per heavy atom. The molecule has 0 radical (unpaired) electrons. The van der Waals surface area contributed by atoms with Crippen LogP contribution in [-0.4, -0.2) is 11.0 Å². The van der Waals surface area contributed by atoms with Crippen LogP contribution >= 0.6 is 11.6 Å². The Balaban J connectivity index is 2.83. The van der Waals surface area contributed by atoms with E-state index in [2.05, 4.69) is 5.32 Å². The molecule has 0 spiro atoms. The molecule has 0 aliphatic carbocycles. The minimum atomic E-state index is -0.463. The second kappa shape index (κ2) is 4.11. The summed E-state index contributed by atoms with van der Waals surface area (Å²) in [7, 11) is 0. The number of carbonyl (C=O) groups is 1. The molecule has 0 fully saturated rings. The van der Waals surface area contributed by atoms with Crippen molar-refractivity contribution in [3.8, 4) is 5.75 Å². The van der Waals surface area contributed by atoms with Crippen LogP contribution in [0.25, 0.3) is 0 Å². The normalized spacial score (nSPS) is 11.2. The van der Waals surface area contributed by atoms with Crippen molar-refractivity contribution >= 4 is 23.2 Å². The summed E-state index contributed by atoms with van der Waals surface area (Å²) in [4.78, 5) is 11.6. The van der Waals surface area contributed by atoms with Crippen molar-refractivity contribution in [2.24, 2.45) is 5.41 Å². The fourth-order valence-electron chi connectivity index (χ4n) is 0.909. The summed E-state index contributed by atoms with van der Waals surface area (Å²) in [5, 5.41) is 12.3. The summed E-state index contributed by atoms with van der Waals surface area (Å²) < 4.78 is 0. The van der Waals surface area contributed by atoms with Gasteiger partial charge in [0.25, 0.3) is 0 Å². The van der Waals surface area contributed by atoms with E-state index >= 15 is 0 Å². The van der Waals surface area contributed by atoms with Gasteiger partial charge in [-0.3, -0.25) is 4.79 Å². The summed E-state index contributed by atoms with van der Waals surface area (Å²) in [6.45, 7) is 5.45. The zero-order valence-electron chi connectivity index (χ0n) is 8.97. The first-order valence-corrected chi connectivity index (χ1v) is 4.98. The Labute approximate surface area is 94.1 Å². The molecule has 0 aliphatic rings. The Morgan fingerprint density at radius 3 is 2.47 bits per heavy atom. The number of anilines is 1. The third-order valence-electron chi connectivity index (χ3n) is 1.89. The monoisotopic (exact) mass is 227 g/mol.